The van der Waals surface area contributed by atoms with E-state index in [4.69, 9.17) is 5.73 Å². The first-order valence-corrected chi connectivity index (χ1v) is 6.72. The lowest BCUT2D eigenvalue weighted by Crippen LogP contribution is -2.60. The smallest absolute Gasteiger partial charge is 0.240 e. The summed E-state index contributed by atoms with van der Waals surface area (Å²) in [6.07, 6.45) is 9.33. The van der Waals surface area contributed by atoms with Gasteiger partial charge in [0.25, 0.3) is 0 Å². The summed E-state index contributed by atoms with van der Waals surface area (Å²) in [5.41, 5.74) is 5.47. The topological polar surface area (TPSA) is 55.1 Å². The molecule has 0 saturated heterocycles. The van der Waals surface area contributed by atoms with Gasteiger partial charge in [0, 0.05) is 6.04 Å². The monoisotopic (exact) mass is 224 g/mol. The highest BCUT2D eigenvalue weighted by molar-refractivity contribution is 5.87. The van der Waals surface area contributed by atoms with E-state index in [2.05, 4.69) is 12.2 Å². The van der Waals surface area contributed by atoms with E-state index in [-0.39, 0.29) is 5.91 Å². The molecular weight excluding hydrogens is 200 g/mol. The zero-order valence-corrected chi connectivity index (χ0v) is 10.3. The number of nitrogens with one attached hydrogen (secondary N) is 1. The number of carbonyl (C=O) groups is 1. The van der Waals surface area contributed by atoms with E-state index in [0.717, 1.165) is 19.3 Å². The van der Waals surface area contributed by atoms with Gasteiger partial charge in [-0.05, 0) is 44.9 Å². The van der Waals surface area contributed by atoms with Crippen LogP contribution in [-0.4, -0.2) is 17.5 Å². The predicted molar refractivity (Wildman–Crippen MR) is 64.9 cm³/mol. The normalized spacial score (nSPS) is 26.9. The number of rotatable bonds is 3. The molecule has 1 atom stereocenters. The van der Waals surface area contributed by atoms with Crippen molar-refractivity contribution in [3.63, 3.8) is 0 Å². The van der Waals surface area contributed by atoms with E-state index >= 15 is 0 Å². The molecule has 2 fully saturated rings. The van der Waals surface area contributed by atoms with Gasteiger partial charge in [-0.3, -0.25) is 4.79 Å². The van der Waals surface area contributed by atoms with Gasteiger partial charge in [0.2, 0.25) is 5.91 Å². The van der Waals surface area contributed by atoms with Crippen molar-refractivity contribution >= 4 is 5.91 Å². The van der Waals surface area contributed by atoms with Crippen molar-refractivity contribution < 1.29 is 4.79 Å². The lowest BCUT2D eigenvalue weighted by atomic mass is 9.76. The largest absolute Gasteiger partial charge is 0.352 e. The van der Waals surface area contributed by atoms with Crippen molar-refractivity contribution in [2.45, 2.75) is 69.9 Å². The van der Waals surface area contributed by atoms with E-state index in [0.29, 0.717) is 12.0 Å². The third-order valence-electron chi connectivity index (χ3n) is 4.41. The summed E-state index contributed by atoms with van der Waals surface area (Å²) in [5.74, 6) is 0.748. The molecule has 2 aliphatic rings. The zero-order chi connectivity index (χ0) is 11.6. The highest BCUT2D eigenvalue weighted by Crippen LogP contribution is 2.30. The third-order valence-corrected chi connectivity index (χ3v) is 4.41. The second kappa shape index (κ2) is 4.74. The first-order valence-electron chi connectivity index (χ1n) is 6.72. The Hall–Kier alpha value is -0.570. The summed E-state index contributed by atoms with van der Waals surface area (Å²) in [6, 6.07) is 0.300. The van der Waals surface area contributed by atoms with Crippen LogP contribution in [0.3, 0.4) is 0 Å². The summed E-state index contributed by atoms with van der Waals surface area (Å²) in [4.78, 5) is 12.0. The van der Waals surface area contributed by atoms with E-state index < -0.39 is 5.54 Å². The molecule has 0 spiro atoms. The summed E-state index contributed by atoms with van der Waals surface area (Å²) < 4.78 is 0. The second-order valence-electron chi connectivity index (χ2n) is 5.67. The van der Waals surface area contributed by atoms with Crippen LogP contribution in [0.15, 0.2) is 0 Å². The fraction of sp³-hybridized carbons (Fsp3) is 0.923. The van der Waals surface area contributed by atoms with Gasteiger partial charge < -0.3 is 11.1 Å². The van der Waals surface area contributed by atoms with Gasteiger partial charge in [-0.2, -0.15) is 0 Å². The van der Waals surface area contributed by atoms with Gasteiger partial charge >= 0.3 is 0 Å². The maximum Gasteiger partial charge on any atom is 0.240 e. The Labute approximate surface area is 98.2 Å². The summed E-state index contributed by atoms with van der Waals surface area (Å²) in [7, 11) is 0. The van der Waals surface area contributed by atoms with Gasteiger partial charge in [-0.25, -0.2) is 0 Å². The van der Waals surface area contributed by atoms with E-state index in [1.807, 2.05) is 0 Å². The Kier molecular flexibility index (Phi) is 3.53. The Bertz CT molecular complexity index is 255. The van der Waals surface area contributed by atoms with Crippen molar-refractivity contribution in [3.8, 4) is 0 Å². The number of carbonyl (C=O) groups excluding carboxylic acids is 1. The number of hydrogen-bond donors (Lipinski definition) is 2. The van der Waals surface area contributed by atoms with Crippen molar-refractivity contribution in [2.75, 3.05) is 0 Å². The van der Waals surface area contributed by atoms with Crippen molar-refractivity contribution in [2.24, 2.45) is 11.7 Å². The Morgan fingerprint density at radius 3 is 2.38 bits per heavy atom. The SMILES string of the molecule is C[C@H](NC(=O)C1(N)CCC1)C1CCCCC1. The van der Waals surface area contributed by atoms with Crippen LogP contribution >= 0.6 is 0 Å². The molecule has 3 N–H and O–H groups in total. The molecule has 16 heavy (non-hydrogen) atoms. The molecule has 1 amide bonds. The van der Waals surface area contributed by atoms with E-state index in [1.54, 1.807) is 0 Å². The molecule has 0 bridgehead atoms. The van der Waals surface area contributed by atoms with Gasteiger partial charge in [-0.1, -0.05) is 19.3 Å². The van der Waals surface area contributed by atoms with Crippen LogP contribution in [0.2, 0.25) is 0 Å². The number of amides is 1. The number of nitrogens with two attached hydrogens (primary N) is 1. The second-order valence-corrected chi connectivity index (χ2v) is 5.67. The highest BCUT2D eigenvalue weighted by Gasteiger charge is 2.40. The maximum atomic E-state index is 12.0. The van der Waals surface area contributed by atoms with Crippen LogP contribution in [0.5, 0.6) is 0 Å². The molecule has 0 aliphatic heterocycles. The molecule has 0 unspecified atom stereocenters. The molecule has 0 aromatic rings. The van der Waals surface area contributed by atoms with Crippen molar-refractivity contribution in [3.05, 3.63) is 0 Å². The summed E-state index contributed by atoms with van der Waals surface area (Å²) in [6.45, 7) is 2.13. The van der Waals surface area contributed by atoms with Gasteiger partial charge in [0.05, 0.1) is 5.54 Å². The Morgan fingerprint density at radius 1 is 1.25 bits per heavy atom. The van der Waals surface area contributed by atoms with Crippen LogP contribution in [0, 0.1) is 5.92 Å². The van der Waals surface area contributed by atoms with Crippen LogP contribution in [0.1, 0.15) is 58.3 Å². The van der Waals surface area contributed by atoms with Crippen LogP contribution in [0.4, 0.5) is 0 Å². The van der Waals surface area contributed by atoms with Crippen molar-refractivity contribution in [1.29, 1.82) is 0 Å². The molecule has 0 aromatic heterocycles. The van der Waals surface area contributed by atoms with Crippen LogP contribution in [-0.2, 0) is 4.79 Å². The molecule has 2 saturated carbocycles. The molecule has 2 rings (SSSR count). The minimum absolute atomic E-state index is 0.0804. The van der Waals surface area contributed by atoms with E-state index in [1.165, 1.54) is 32.1 Å². The molecule has 92 valence electrons. The van der Waals surface area contributed by atoms with E-state index in [9.17, 15) is 4.79 Å². The van der Waals surface area contributed by atoms with Gasteiger partial charge in [0.15, 0.2) is 0 Å². The Balaban J connectivity index is 1.81. The molecule has 0 radical (unpaired) electrons. The average molecular weight is 224 g/mol. The average Bonchev–Trinajstić information content (AvgIpc) is 2.27. The lowest BCUT2D eigenvalue weighted by molar-refractivity contribution is -0.130. The Morgan fingerprint density at radius 2 is 1.88 bits per heavy atom. The summed E-state index contributed by atoms with van der Waals surface area (Å²) >= 11 is 0. The van der Waals surface area contributed by atoms with Crippen molar-refractivity contribution in [1.82, 2.24) is 5.32 Å². The van der Waals surface area contributed by atoms with Gasteiger partial charge in [-0.15, -0.1) is 0 Å². The minimum Gasteiger partial charge on any atom is -0.352 e. The quantitative estimate of drug-likeness (QED) is 0.770. The predicted octanol–water partition coefficient (Wildman–Crippen LogP) is 1.95. The molecule has 2 aliphatic carbocycles. The molecular formula is C13H24N2O. The zero-order valence-electron chi connectivity index (χ0n) is 10.3. The third kappa shape index (κ3) is 2.40. The molecule has 0 heterocycles. The molecule has 3 nitrogen and oxygen atoms in total. The standard InChI is InChI=1S/C13H24N2O/c1-10(11-6-3-2-4-7-11)15-12(16)13(14)8-5-9-13/h10-11H,2-9,14H2,1H3,(H,15,16)/t10-/m0/s1. The molecule has 0 aromatic carbocycles. The minimum atomic E-state index is -0.539. The lowest BCUT2D eigenvalue weighted by Gasteiger charge is -2.38. The first-order chi connectivity index (χ1) is 7.62. The number of hydrogen-bond acceptors (Lipinski definition) is 2. The van der Waals surface area contributed by atoms with Crippen LogP contribution in [0.25, 0.3) is 0 Å². The summed E-state index contributed by atoms with van der Waals surface area (Å²) in [5, 5.41) is 3.13. The fourth-order valence-corrected chi connectivity index (χ4v) is 2.89. The van der Waals surface area contributed by atoms with Crippen LogP contribution < -0.4 is 11.1 Å². The van der Waals surface area contributed by atoms with Gasteiger partial charge in [0.1, 0.15) is 0 Å². The highest BCUT2D eigenvalue weighted by atomic mass is 16.2. The molecule has 3 heteroatoms. The first kappa shape index (κ1) is 11.9. The maximum absolute atomic E-state index is 12.0. The fourth-order valence-electron chi connectivity index (χ4n) is 2.89.